The Kier molecular flexibility index (Phi) is 4.34. The molecule has 1 aliphatic rings. The Hall–Kier alpha value is -3.62. The number of nitrogens with one attached hydrogen (secondary N) is 2. The van der Waals surface area contributed by atoms with Gasteiger partial charge in [0.2, 0.25) is 5.96 Å². The molecule has 3 aromatic rings. The second-order valence-corrected chi connectivity index (χ2v) is 6.03. The van der Waals surface area contributed by atoms with Crippen molar-refractivity contribution in [1.29, 1.82) is 0 Å². The van der Waals surface area contributed by atoms with Crippen LogP contribution >= 0.6 is 0 Å². The van der Waals surface area contributed by atoms with Crippen molar-refractivity contribution >= 4 is 29.0 Å². The molecule has 0 radical (unpaired) electrons. The minimum absolute atomic E-state index is 0.0557. The number of halogens is 3. The first-order valence-corrected chi connectivity index (χ1v) is 8.24. The third kappa shape index (κ3) is 3.59. The van der Waals surface area contributed by atoms with Crippen molar-refractivity contribution in [3.63, 3.8) is 0 Å². The fraction of sp³-hybridized carbons (Fsp3) is 0.105. The number of rotatable bonds is 3. The van der Waals surface area contributed by atoms with Gasteiger partial charge in [-0.25, -0.2) is 9.98 Å². The number of carbonyl (C=O) groups is 1. The summed E-state index contributed by atoms with van der Waals surface area (Å²) in [7, 11) is 0. The average molecular weight is 386 g/mol. The highest BCUT2D eigenvalue weighted by molar-refractivity contribution is 6.13. The van der Waals surface area contributed by atoms with Crippen molar-refractivity contribution < 1.29 is 22.4 Å². The molecule has 142 valence electrons. The largest absolute Gasteiger partial charge is 0.443 e. The maximum Gasteiger partial charge on any atom is 0.416 e. The Morgan fingerprint density at radius 3 is 2.82 bits per heavy atom. The zero-order valence-corrected chi connectivity index (χ0v) is 14.2. The van der Waals surface area contributed by atoms with Crippen LogP contribution in [0.3, 0.4) is 0 Å². The number of fused-ring (bicyclic) bond motifs is 1. The standard InChI is InChI=1S/C19H13F3N4O2/c20-19(21,22)13-4-2-1-3-12(13)9-23-18-25-15(17(27)26-18)7-11-5-6-14-16(8-11)28-10-24-14/h1-8,10H,9H2,(H2,23,25,26,27)/b15-7-. The normalized spacial score (nSPS) is 15.8. The first kappa shape index (κ1) is 17.8. The first-order valence-electron chi connectivity index (χ1n) is 8.24. The van der Waals surface area contributed by atoms with Crippen molar-refractivity contribution in [3.8, 4) is 0 Å². The number of guanidine groups is 1. The van der Waals surface area contributed by atoms with Gasteiger partial charge in [-0.2, -0.15) is 13.2 Å². The fourth-order valence-electron chi connectivity index (χ4n) is 2.80. The molecule has 0 aliphatic carbocycles. The quantitative estimate of drug-likeness (QED) is 0.676. The summed E-state index contributed by atoms with van der Waals surface area (Å²) in [6.07, 6.45) is -1.58. The minimum Gasteiger partial charge on any atom is -0.443 e. The summed E-state index contributed by atoms with van der Waals surface area (Å²) >= 11 is 0. The Balaban J connectivity index is 1.52. The van der Waals surface area contributed by atoms with Crippen molar-refractivity contribution in [2.45, 2.75) is 12.7 Å². The van der Waals surface area contributed by atoms with Crippen LogP contribution in [0.15, 0.2) is 64.0 Å². The molecule has 0 saturated heterocycles. The molecule has 6 nitrogen and oxygen atoms in total. The van der Waals surface area contributed by atoms with Crippen molar-refractivity contribution in [2.24, 2.45) is 4.99 Å². The van der Waals surface area contributed by atoms with E-state index in [0.717, 1.165) is 6.07 Å². The molecule has 4 rings (SSSR count). The average Bonchev–Trinajstić information content (AvgIpc) is 3.26. The summed E-state index contributed by atoms with van der Waals surface area (Å²) in [4.78, 5) is 20.2. The van der Waals surface area contributed by atoms with E-state index in [4.69, 9.17) is 4.42 Å². The van der Waals surface area contributed by atoms with Gasteiger partial charge in [-0.1, -0.05) is 24.3 Å². The molecular weight excluding hydrogens is 373 g/mol. The second-order valence-electron chi connectivity index (χ2n) is 6.03. The number of amides is 1. The van der Waals surface area contributed by atoms with Crippen LogP contribution < -0.4 is 10.6 Å². The molecule has 9 heteroatoms. The zero-order chi connectivity index (χ0) is 19.7. The Bertz CT molecular complexity index is 1120. The number of alkyl halides is 3. The lowest BCUT2D eigenvalue weighted by atomic mass is 10.1. The number of carbonyl (C=O) groups excluding carboxylic acids is 1. The van der Waals surface area contributed by atoms with Gasteiger partial charge in [0, 0.05) is 6.54 Å². The van der Waals surface area contributed by atoms with Crippen molar-refractivity contribution in [1.82, 2.24) is 15.6 Å². The van der Waals surface area contributed by atoms with E-state index in [-0.39, 0.29) is 23.8 Å². The summed E-state index contributed by atoms with van der Waals surface area (Å²) in [5.41, 5.74) is 1.39. The molecule has 0 bridgehead atoms. The third-order valence-electron chi connectivity index (χ3n) is 4.12. The Morgan fingerprint density at radius 1 is 1.18 bits per heavy atom. The smallest absolute Gasteiger partial charge is 0.416 e. The number of oxazole rings is 1. The summed E-state index contributed by atoms with van der Waals surface area (Å²) in [5, 5.41) is 5.23. The third-order valence-corrected chi connectivity index (χ3v) is 4.12. The van der Waals surface area contributed by atoms with Gasteiger partial charge < -0.3 is 9.73 Å². The van der Waals surface area contributed by atoms with Crippen LogP contribution in [0, 0.1) is 0 Å². The lowest BCUT2D eigenvalue weighted by molar-refractivity contribution is -0.138. The van der Waals surface area contributed by atoms with Crippen LogP contribution in [0.4, 0.5) is 13.2 Å². The minimum atomic E-state index is -4.45. The maximum atomic E-state index is 13.1. The van der Waals surface area contributed by atoms with Crippen LogP contribution in [0.2, 0.25) is 0 Å². The summed E-state index contributed by atoms with van der Waals surface area (Å²) in [6.45, 7) is -0.133. The van der Waals surface area contributed by atoms with Gasteiger partial charge in [-0.15, -0.1) is 0 Å². The lowest BCUT2D eigenvalue weighted by Gasteiger charge is -2.13. The molecule has 0 unspecified atom stereocenters. The van der Waals surface area contributed by atoms with E-state index < -0.39 is 17.6 Å². The van der Waals surface area contributed by atoms with Gasteiger partial charge in [0.1, 0.15) is 11.2 Å². The second kappa shape index (κ2) is 6.84. The van der Waals surface area contributed by atoms with Gasteiger partial charge in [0.25, 0.3) is 5.91 Å². The van der Waals surface area contributed by atoms with E-state index in [0.29, 0.717) is 16.7 Å². The van der Waals surface area contributed by atoms with Crippen molar-refractivity contribution in [3.05, 3.63) is 71.2 Å². The molecule has 0 fully saturated rings. The summed E-state index contributed by atoms with van der Waals surface area (Å²) in [6, 6.07) is 10.4. The lowest BCUT2D eigenvalue weighted by Crippen LogP contribution is -2.36. The molecular formula is C19H13F3N4O2. The van der Waals surface area contributed by atoms with Crippen LogP contribution in [0.1, 0.15) is 16.7 Å². The molecule has 2 aromatic carbocycles. The first-order chi connectivity index (χ1) is 13.4. The van der Waals surface area contributed by atoms with Crippen LogP contribution in [-0.4, -0.2) is 16.9 Å². The van der Waals surface area contributed by atoms with Gasteiger partial charge in [-0.05, 0) is 35.4 Å². The van der Waals surface area contributed by atoms with Gasteiger partial charge in [0.05, 0.1) is 5.56 Å². The van der Waals surface area contributed by atoms with Gasteiger partial charge in [-0.3, -0.25) is 10.1 Å². The van der Waals surface area contributed by atoms with Gasteiger partial charge >= 0.3 is 6.18 Å². The number of aromatic nitrogens is 1. The molecule has 28 heavy (non-hydrogen) atoms. The topological polar surface area (TPSA) is 79.5 Å². The number of hydrogen-bond acceptors (Lipinski definition) is 5. The molecule has 0 spiro atoms. The van der Waals surface area contributed by atoms with E-state index in [2.05, 4.69) is 20.6 Å². The summed E-state index contributed by atoms with van der Waals surface area (Å²) in [5.74, 6) is -0.363. The molecule has 2 N–H and O–H groups in total. The van der Waals surface area contributed by atoms with Crippen LogP contribution in [0.25, 0.3) is 17.2 Å². The maximum absolute atomic E-state index is 13.1. The highest BCUT2D eigenvalue weighted by Crippen LogP contribution is 2.31. The monoisotopic (exact) mass is 386 g/mol. The molecule has 2 heterocycles. The number of nitrogens with zero attached hydrogens (tertiary/aromatic N) is 2. The highest BCUT2D eigenvalue weighted by Gasteiger charge is 2.33. The summed E-state index contributed by atoms with van der Waals surface area (Å²) < 4.78 is 44.4. The van der Waals surface area contributed by atoms with E-state index in [9.17, 15) is 18.0 Å². The molecule has 1 amide bonds. The molecule has 0 atom stereocenters. The SMILES string of the molecule is O=C1NC(NCc2ccccc2C(F)(F)F)=N/C1=C\c1ccc2ncoc2c1. The zero-order valence-electron chi connectivity index (χ0n) is 14.2. The predicted molar refractivity (Wildman–Crippen MR) is 95.8 cm³/mol. The van der Waals surface area contributed by atoms with Crippen LogP contribution in [0.5, 0.6) is 0 Å². The van der Waals surface area contributed by atoms with Crippen LogP contribution in [-0.2, 0) is 17.5 Å². The van der Waals surface area contributed by atoms with Gasteiger partial charge in [0.15, 0.2) is 12.0 Å². The predicted octanol–water partition coefficient (Wildman–Crippen LogP) is 3.46. The van der Waals surface area contributed by atoms with Crippen molar-refractivity contribution in [2.75, 3.05) is 0 Å². The fourth-order valence-corrected chi connectivity index (χ4v) is 2.80. The molecule has 1 aromatic heterocycles. The van der Waals surface area contributed by atoms with E-state index in [1.54, 1.807) is 24.3 Å². The highest BCUT2D eigenvalue weighted by atomic mass is 19.4. The van der Waals surface area contributed by atoms with E-state index in [1.165, 1.54) is 24.6 Å². The van der Waals surface area contributed by atoms with E-state index in [1.807, 2.05) is 0 Å². The number of aliphatic imine (C=N–C) groups is 1. The molecule has 0 saturated carbocycles. The Morgan fingerprint density at radius 2 is 2.00 bits per heavy atom. The number of hydrogen-bond donors (Lipinski definition) is 2. The van der Waals surface area contributed by atoms with E-state index >= 15 is 0 Å². The molecule has 1 aliphatic heterocycles. The number of benzene rings is 2. The Labute approximate surface area is 156 Å².